The zero-order valence-electron chi connectivity index (χ0n) is 11.9. The van der Waals surface area contributed by atoms with Gasteiger partial charge in [0.15, 0.2) is 0 Å². The Morgan fingerprint density at radius 1 is 1.15 bits per heavy atom. The Balaban J connectivity index is 2.00. The van der Waals surface area contributed by atoms with E-state index in [-0.39, 0.29) is 11.8 Å². The molecule has 2 aromatic rings. The van der Waals surface area contributed by atoms with Gasteiger partial charge < -0.3 is 10.4 Å². The van der Waals surface area contributed by atoms with Crippen LogP contribution in [-0.2, 0) is 13.0 Å². The van der Waals surface area contributed by atoms with E-state index in [0.717, 1.165) is 12.0 Å². The summed E-state index contributed by atoms with van der Waals surface area (Å²) in [5, 5.41) is 13.7. The van der Waals surface area contributed by atoms with Crippen molar-refractivity contribution in [2.45, 2.75) is 32.9 Å². The van der Waals surface area contributed by atoms with E-state index in [1.807, 2.05) is 12.1 Å². The van der Waals surface area contributed by atoms with Crippen LogP contribution >= 0.6 is 11.6 Å². The third kappa shape index (κ3) is 3.53. The molecular formula is C17H20ClNO. The Labute approximate surface area is 125 Å². The van der Waals surface area contributed by atoms with E-state index >= 15 is 0 Å². The predicted octanol–water partition coefficient (Wildman–Crippen LogP) is 4.46. The Hall–Kier alpha value is -1.51. The van der Waals surface area contributed by atoms with E-state index in [9.17, 15) is 5.11 Å². The third-order valence-electron chi connectivity index (χ3n) is 3.56. The molecular weight excluding hydrogens is 270 g/mol. The molecule has 0 radical (unpaired) electrons. The number of hydrogen-bond acceptors (Lipinski definition) is 2. The van der Waals surface area contributed by atoms with Gasteiger partial charge in [-0.15, -0.1) is 0 Å². The fraction of sp³-hybridized carbons (Fsp3) is 0.294. The van der Waals surface area contributed by atoms with Gasteiger partial charge in [0.05, 0.1) is 5.02 Å². The summed E-state index contributed by atoms with van der Waals surface area (Å²) >= 11 is 5.90. The minimum Gasteiger partial charge on any atom is -0.506 e. The summed E-state index contributed by atoms with van der Waals surface area (Å²) in [5.74, 6) is 0.162. The second-order valence-corrected chi connectivity index (χ2v) is 5.35. The normalized spacial score (nSPS) is 12.3. The van der Waals surface area contributed by atoms with Gasteiger partial charge in [-0.2, -0.15) is 0 Å². The largest absolute Gasteiger partial charge is 0.506 e. The summed E-state index contributed by atoms with van der Waals surface area (Å²) in [6.45, 7) is 4.85. The van der Waals surface area contributed by atoms with Crippen LogP contribution < -0.4 is 5.32 Å². The summed E-state index contributed by atoms with van der Waals surface area (Å²) in [4.78, 5) is 0. The summed E-state index contributed by atoms with van der Waals surface area (Å²) in [6, 6.07) is 14.2. The van der Waals surface area contributed by atoms with Crippen molar-refractivity contribution in [2.24, 2.45) is 0 Å². The molecule has 2 rings (SSSR count). The van der Waals surface area contributed by atoms with Crippen molar-refractivity contribution in [3.05, 3.63) is 64.2 Å². The molecule has 0 aliphatic rings. The van der Waals surface area contributed by atoms with Crippen molar-refractivity contribution in [1.29, 1.82) is 0 Å². The molecule has 2 N–H and O–H groups in total. The summed E-state index contributed by atoms with van der Waals surface area (Å²) < 4.78 is 0. The van der Waals surface area contributed by atoms with Gasteiger partial charge in [-0.3, -0.25) is 0 Å². The Bertz CT molecular complexity index is 566. The second kappa shape index (κ2) is 6.78. The Kier molecular flexibility index (Phi) is 5.05. The first-order valence-electron chi connectivity index (χ1n) is 6.90. The first-order chi connectivity index (χ1) is 9.61. The van der Waals surface area contributed by atoms with E-state index in [4.69, 9.17) is 11.6 Å². The minimum atomic E-state index is 0.162. The van der Waals surface area contributed by atoms with Crippen LogP contribution in [0.4, 0.5) is 0 Å². The highest BCUT2D eigenvalue weighted by Crippen LogP contribution is 2.27. The number of para-hydroxylation sites is 1. The SMILES string of the molecule is CCc1ccc(C(C)NCc2cccc(Cl)c2O)cc1. The molecule has 0 saturated heterocycles. The first kappa shape index (κ1) is 14.9. The molecule has 0 aliphatic heterocycles. The molecule has 3 heteroatoms. The highest BCUT2D eigenvalue weighted by molar-refractivity contribution is 6.32. The topological polar surface area (TPSA) is 32.3 Å². The number of halogens is 1. The number of nitrogens with one attached hydrogen (secondary N) is 1. The molecule has 2 aromatic carbocycles. The summed E-state index contributed by atoms with van der Waals surface area (Å²) in [6.07, 6.45) is 1.05. The maximum atomic E-state index is 9.88. The Morgan fingerprint density at radius 3 is 2.50 bits per heavy atom. The van der Waals surface area contributed by atoms with Crippen LogP contribution in [0.5, 0.6) is 5.75 Å². The van der Waals surface area contributed by atoms with Gasteiger partial charge in [0, 0.05) is 18.2 Å². The first-order valence-corrected chi connectivity index (χ1v) is 7.28. The lowest BCUT2D eigenvalue weighted by molar-refractivity contribution is 0.460. The molecule has 0 heterocycles. The monoisotopic (exact) mass is 289 g/mol. The molecule has 0 spiro atoms. The standard InChI is InChI=1S/C17H20ClNO/c1-3-13-7-9-14(10-8-13)12(2)19-11-15-5-4-6-16(18)17(15)20/h4-10,12,19-20H,3,11H2,1-2H3. The second-order valence-electron chi connectivity index (χ2n) is 4.95. The zero-order valence-corrected chi connectivity index (χ0v) is 12.6. The van der Waals surface area contributed by atoms with Gasteiger partial charge in [-0.25, -0.2) is 0 Å². The average molecular weight is 290 g/mol. The number of hydrogen-bond donors (Lipinski definition) is 2. The number of benzene rings is 2. The van der Waals surface area contributed by atoms with Gasteiger partial charge in [0.2, 0.25) is 0 Å². The van der Waals surface area contributed by atoms with Gasteiger partial charge in [0.1, 0.15) is 5.75 Å². The molecule has 0 bridgehead atoms. The maximum absolute atomic E-state index is 9.88. The number of rotatable bonds is 5. The molecule has 20 heavy (non-hydrogen) atoms. The quantitative estimate of drug-likeness (QED) is 0.852. The molecule has 0 amide bonds. The van der Waals surface area contributed by atoms with Gasteiger partial charge >= 0.3 is 0 Å². The predicted molar refractivity (Wildman–Crippen MR) is 84.2 cm³/mol. The van der Waals surface area contributed by atoms with Gasteiger partial charge in [0.25, 0.3) is 0 Å². The summed E-state index contributed by atoms with van der Waals surface area (Å²) in [5.41, 5.74) is 3.40. The number of aryl methyl sites for hydroxylation is 1. The van der Waals surface area contributed by atoms with Crippen LogP contribution in [-0.4, -0.2) is 5.11 Å². The molecule has 0 aromatic heterocycles. The van der Waals surface area contributed by atoms with Crippen LogP contribution in [0, 0.1) is 0 Å². The van der Waals surface area contributed by atoms with Crippen molar-refractivity contribution < 1.29 is 5.11 Å². The van der Waals surface area contributed by atoms with E-state index in [2.05, 4.69) is 43.4 Å². The molecule has 106 valence electrons. The van der Waals surface area contributed by atoms with Crippen LogP contribution in [0.2, 0.25) is 5.02 Å². The molecule has 0 fully saturated rings. The van der Waals surface area contributed by atoms with Crippen molar-refractivity contribution >= 4 is 11.6 Å². The van der Waals surface area contributed by atoms with Crippen molar-refractivity contribution in [2.75, 3.05) is 0 Å². The van der Waals surface area contributed by atoms with E-state index in [1.165, 1.54) is 11.1 Å². The van der Waals surface area contributed by atoms with Crippen LogP contribution in [0.15, 0.2) is 42.5 Å². The molecule has 1 atom stereocenters. The average Bonchev–Trinajstić information content (AvgIpc) is 2.48. The molecule has 2 nitrogen and oxygen atoms in total. The fourth-order valence-corrected chi connectivity index (χ4v) is 2.32. The number of aromatic hydroxyl groups is 1. The van der Waals surface area contributed by atoms with Gasteiger partial charge in [-0.1, -0.05) is 54.9 Å². The molecule has 0 aliphatic carbocycles. The lowest BCUT2D eigenvalue weighted by atomic mass is 10.0. The van der Waals surface area contributed by atoms with Crippen LogP contribution in [0.1, 0.15) is 36.6 Å². The van der Waals surface area contributed by atoms with Gasteiger partial charge in [-0.05, 0) is 30.5 Å². The maximum Gasteiger partial charge on any atom is 0.138 e. The van der Waals surface area contributed by atoms with Crippen molar-refractivity contribution in [3.8, 4) is 5.75 Å². The third-order valence-corrected chi connectivity index (χ3v) is 3.86. The fourth-order valence-electron chi connectivity index (χ4n) is 2.13. The smallest absolute Gasteiger partial charge is 0.138 e. The Morgan fingerprint density at radius 2 is 1.85 bits per heavy atom. The lowest BCUT2D eigenvalue weighted by Crippen LogP contribution is -2.18. The van der Waals surface area contributed by atoms with Crippen molar-refractivity contribution in [3.63, 3.8) is 0 Å². The summed E-state index contributed by atoms with van der Waals surface area (Å²) in [7, 11) is 0. The van der Waals surface area contributed by atoms with Crippen LogP contribution in [0.25, 0.3) is 0 Å². The zero-order chi connectivity index (χ0) is 14.5. The lowest BCUT2D eigenvalue weighted by Gasteiger charge is -2.15. The molecule has 0 saturated carbocycles. The highest BCUT2D eigenvalue weighted by atomic mass is 35.5. The van der Waals surface area contributed by atoms with Crippen LogP contribution in [0.3, 0.4) is 0 Å². The number of phenolic OH excluding ortho intramolecular Hbond substituents is 1. The van der Waals surface area contributed by atoms with Crippen molar-refractivity contribution in [1.82, 2.24) is 5.32 Å². The van der Waals surface area contributed by atoms with E-state index in [0.29, 0.717) is 11.6 Å². The minimum absolute atomic E-state index is 0.162. The molecule has 1 unspecified atom stereocenters. The number of phenols is 1. The van der Waals surface area contributed by atoms with E-state index in [1.54, 1.807) is 6.07 Å². The van der Waals surface area contributed by atoms with E-state index < -0.39 is 0 Å². The highest BCUT2D eigenvalue weighted by Gasteiger charge is 2.08.